The summed E-state index contributed by atoms with van der Waals surface area (Å²) >= 11 is 5.82. The lowest BCUT2D eigenvalue weighted by molar-refractivity contribution is -0.118. The minimum absolute atomic E-state index is 0.0943. The zero-order valence-electron chi connectivity index (χ0n) is 14.3. The Hall–Kier alpha value is -3.06. The van der Waals surface area contributed by atoms with Crippen molar-refractivity contribution in [1.29, 1.82) is 0 Å². The summed E-state index contributed by atoms with van der Waals surface area (Å²) < 4.78 is 5.35. The Morgan fingerprint density at radius 3 is 2.35 bits per heavy atom. The third-order valence-corrected chi connectivity index (χ3v) is 3.62. The Labute approximate surface area is 155 Å². The highest BCUT2D eigenvalue weighted by Gasteiger charge is 2.13. The Kier molecular flexibility index (Phi) is 6.19. The SMILES string of the molecule is CN(C)C(=O)c1ccc(NC(=O)COc2ccc(Cl)cc2C(N)=O)cc1. The summed E-state index contributed by atoms with van der Waals surface area (Å²) in [5.74, 6) is -1.09. The molecule has 0 aliphatic rings. The van der Waals surface area contributed by atoms with E-state index in [-0.39, 0.29) is 23.8 Å². The second-order valence-corrected chi connectivity index (χ2v) is 6.05. The molecule has 3 amide bonds. The minimum atomic E-state index is -0.705. The number of rotatable bonds is 6. The van der Waals surface area contributed by atoms with Crippen LogP contribution in [0.2, 0.25) is 5.02 Å². The quantitative estimate of drug-likeness (QED) is 0.807. The summed E-state index contributed by atoms with van der Waals surface area (Å²) in [5, 5.41) is 2.97. The van der Waals surface area contributed by atoms with E-state index < -0.39 is 11.8 Å². The van der Waals surface area contributed by atoms with Gasteiger partial charge in [-0.05, 0) is 42.5 Å². The van der Waals surface area contributed by atoms with Crippen LogP contribution in [0.4, 0.5) is 5.69 Å². The van der Waals surface area contributed by atoms with E-state index in [2.05, 4.69) is 5.32 Å². The maximum Gasteiger partial charge on any atom is 0.262 e. The van der Waals surface area contributed by atoms with Crippen LogP contribution >= 0.6 is 11.6 Å². The summed E-state index contributed by atoms with van der Waals surface area (Å²) in [5.41, 5.74) is 6.38. The van der Waals surface area contributed by atoms with Crippen molar-refractivity contribution in [2.75, 3.05) is 26.0 Å². The van der Waals surface area contributed by atoms with Gasteiger partial charge in [0.05, 0.1) is 5.56 Å². The minimum Gasteiger partial charge on any atom is -0.483 e. The topological polar surface area (TPSA) is 102 Å². The van der Waals surface area contributed by atoms with Gasteiger partial charge in [-0.25, -0.2) is 0 Å². The largest absolute Gasteiger partial charge is 0.483 e. The van der Waals surface area contributed by atoms with Crippen molar-refractivity contribution in [2.45, 2.75) is 0 Å². The first-order valence-electron chi connectivity index (χ1n) is 7.61. The first-order chi connectivity index (χ1) is 12.3. The molecule has 2 aromatic rings. The lowest BCUT2D eigenvalue weighted by Gasteiger charge is -2.12. The predicted octanol–water partition coefficient (Wildman–Crippen LogP) is 2.16. The summed E-state index contributed by atoms with van der Waals surface area (Å²) in [7, 11) is 3.32. The number of carbonyl (C=O) groups is 3. The van der Waals surface area contributed by atoms with Gasteiger partial charge in [-0.2, -0.15) is 0 Å². The lowest BCUT2D eigenvalue weighted by atomic mass is 10.2. The van der Waals surface area contributed by atoms with Gasteiger partial charge in [-0.1, -0.05) is 11.6 Å². The highest BCUT2D eigenvalue weighted by Crippen LogP contribution is 2.22. The zero-order valence-corrected chi connectivity index (χ0v) is 15.0. The van der Waals surface area contributed by atoms with Crippen LogP contribution in [0.25, 0.3) is 0 Å². The van der Waals surface area contributed by atoms with Gasteiger partial charge in [-0.15, -0.1) is 0 Å². The second kappa shape index (κ2) is 8.35. The van der Waals surface area contributed by atoms with E-state index in [0.29, 0.717) is 16.3 Å². The molecule has 0 aliphatic heterocycles. The highest BCUT2D eigenvalue weighted by molar-refractivity contribution is 6.31. The Bertz CT molecular complexity index is 835. The van der Waals surface area contributed by atoms with Crippen molar-refractivity contribution in [3.05, 3.63) is 58.6 Å². The number of halogens is 1. The average molecular weight is 376 g/mol. The third-order valence-electron chi connectivity index (χ3n) is 3.39. The number of nitrogens with two attached hydrogens (primary N) is 1. The molecule has 8 heteroatoms. The molecule has 0 fully saturated rings. The number of nitrogens with zero attached hydrogens (tertiary/aromatic N) is 1. The van der Waals surface area contributed by atoms with Crippen LogP contribution in [0.1, 0.15) is 20.7 Å². The van der Waals surface area contributed by atoms with Crippen LogP contribution in [-0.2, 0) is 4.79 Å². The fourth-order valence-electron chi connectivity index (χ4n) is 2.12. The maximum atomic E-state index is 12.0. The molecule has 2 rings (SSSR count). The van der Waals surface area contributed by atoms with Gasteiger partial charge in [0.15, 0.2) is 6.61 Å². The van der Waals surface area contributed by atoms with Gasteiger partial charge in [0, 0.05) is 30.4 Å². The van der Waals surface area contributed by atoms with Crippen molar-refractivity contribution in [1.82, 2.24) is 4.90 Å². The van der Waals surface area contributed by atoms with Crippen molar-refractivity contribution in [3.8, 4) is 5.75 Å². The molecule has 2 aromatic carbocycles. The fourth-order valence-corrected chi connectivity index (χ4v) is 2.29. The van der Waals surface area contributed by atoms with E-state index in [1.807, 2.05) is 0 Å². The molecule has 0 aromatic heterocycles. The van der Waals surface area contributed by atoms with E-state index in [0.717, 1.165) is 0 Å². The number of amides is 3. The molecular formula is C18H18ClN3O4. The fraction of sp³-hybridized carbons (Fsp3) is 0.167. The number of benzene rings is 2. The van der Waals surface area contributed by atoms with E-state index in [1.165, 1.54) is 23.1 Å². The van der Waals surface area contributed by atoms with Crippen LogP contribution in [0.15, 0.2) is 42.5 Å². The van der Waals surface area contributed by atoms with Crippen LogP contribution in [0.3, 0.4) is 0 Å². The number of primary amides is 1. The van der Waals surface area contributed by atoms with Gasteiger partial charge >= 0.3 is 0 Å². The van der Waals surface area contributed by atoms with E-state index in [1.54, 1.807) is 38.4 Å². The monoisotopic (exact) mass is 375 g/mol. The van der Waals surface area contributed by atoms with Crippen molar-refractivity contribution in [3.63, 3.8) is 0 Å². The molecule has 0 unspecified atom stereocenters. The second-order valence-electron chi connectivity index (χ2n) is 5.62. The van der Waals surface area contributed by atoms with Crippen molar-refractivity contribution in [2.24, 2.45) is 5.73 Å². The van der Waals surface area contributed by atoms with Gasteiger partial charge in [0.25, 0.3) is 17.7 Å². The molecule has 3 N–H and O–H groups in total. The molecule has 0 atom stereocenters. The number of carbonyl (C=O) groups excluding carboxylic acids is 3. The van der Waals surface area contributed by atoms with Crippen molar-refractivity contribution >= 4 is 35.0 Å². The highest BCUT2D eigenvalue weighted by atomic mass is 35.5. The first-order valence-corrected chi connectivity index (χ1v) is 7.99. The standard InChI is InChI=1S/C18H18ClN3O4/c1-22(2)18(25)11-3-6-13(7-4-11)21-16(23)10-26-15-8-5-12(19)9-14(15)17(20)24/h3-9H,10H2,1-2H3,(H2,20,24)(H,21,23). The summed E-state index contributed by atoms with van der Waals surface area (Å²) in [6.45, 7) is -0.319. The number of nitrogens with one attached hydrogen (secondary N) is 1. The molecule has 0 saturated heterocycles. The average Bonchev–Trinajstić information content (AvgIpc) is 2.60. The summed E-state index contributed by atoms with van der Waals surface area (Å²) in [4.78, 5) is 36.7. The smallest absolute Gasteiger partial charge is 0.262 e. The van der Waals surface area contributed by atoms with Crippen molar-refractivity contribution < 1.29 is 19.1 Å². The number of hydrogen-bond acceptors (Lipinski definition) is 4. The number of anilines is 1. The van der Waals surface area contributed by atoms with E-state index >= 15 is 0 Å². The summed E-state index contributed by atoms with van der Waals surface area (Å²) in [6, 6.07) is 10.8. The maximum absolute atomic E-state index is 12.0. The molecule has 0 spiro atoms. The molecule has 0 radical (unpaired) electrons. The molecule has 7 nitrogen and oxygen atoms in total. The first kappa shape index (κ1) is 19.3. The number of ether oxygens (including phenoxy) is 1. The lowest BCUT2D eigenvalue weighted by Crippen LogP contribution is -2.22. The van der Waals surface area contributed by atoms with Gasteiger partial charge in [0.2, 0.25) is 0 Å². The molecular weight excluding hydrogens is 358 g/mol. The Morgan fingerprint density at radius 2 is 1.77 bits per heavy atom. The third kappa shape index (κ3) is 4.97. The molecule has 136 valence electrons. The molecule has 0 heterocycles. The van der Waals surface area contributed by atoms with E-state index in [4.69, 9.17) is 22.1 Å². The molecule has 0 saturated carbocycles. The van der Waals surface area contributed by atoms with Crippen LogP contribution < -0.4 is 15.8 Å². The normalized spacial score (nSPS) is 10.1. The van der Waals surface area contributed by atoms with Crippen LogP contribution in [0.5, 0.6) is 5.75 Å². The van der Waals surface area contributed by atoms with Gasteiger partial charge < -0.3 is 20.7 Å². The van der Waals surface area contributed by atoms with E-state index in [9.17, 15) is 14.4 Å². The van der Waals surface area contributed by atoms with Gasteiger partial charge in [0.1, 0.15) is 5.75 Å². The number of hydrogen-bond donors (Lipinski definition) is 2. The van der Waals surface area contributed by atoms with Crippen LogP contribution in [0, 0.1) is 0 Å². The summed E-state index contributed by atoms with van der Waals surface area (Å²) in [6.07, 6.45) is 0. The Balaban J connectivity index is 1.97. The zero-order chi connectivity index (χ0) is 19.3. The Morgan fingerprint density at radius 1 is 1.12 bits per heavy atom. The predicted molar refractivity (Wildman–Crippen MR) is 98.6 cm³/mol. The molecule has 0 bridgehead atoms. The molecule has 0 aliphatic carbocycles. The van der Waals surface area contributed by atoms with Gasteiger partial charge in [-0.3, -0.25) is 14.4 Å². The molecule has 26 heavy (non-hydrogen) atoms. The van der Waals surface area contributed by atoms with Crippen LogP contribution in [-0.4, -0.2) is 43.3 Å².